The third-order valence-electron chi connectivity index (χ3n) is 3.20. The smallest absolute Gasteiger partial charge is 0.244 e. The van der Waals surface area contributed by atoms with Gasteiger partial charge in [0, 0.05) is 5.56 Å². The van der Waals surface area contributed by atoms with Crippen molar-refractivity contribution >= 4 is 16.3 Å². The first-order valence-corrected chi connectivity index (χ1v) is 8.52. The Hall–Kier alpha value is -2.42. The maximum Gasteiger partial charge on any atom is 0.244 e. The molecular weight excluding hydrogens is 310 g/mol. The van der Waals surface area contributed by atoms with Crippen molar-refractivity contribution in [3.8, 4) is 11.8 Å². The van der Waals surface area contributed by atoms with E-state index in [9.17, 15) is 13.2 Å². The van der Waals surface area contributed by atoms with Crippen LogP contribution in [-0.2, 0) is 14.8 Å². The molecule has 0 aliphatic heterocycles. The van der Waals surface area contributed by atoms with E-state index in [-0.39, 0.29) is 18.0 Å². The van der Waals surface area contributed by atoms with Crippen molar-refractivity contribution in [3.63, 3.8) is 0 Å². The molecule has 0 fully saturated rings. The Labute approximate surface area is 136 Å². The van der Waals surface area contributed by atoms with Crippen LogP contribution in [0.5, 0.6) is 0 Å². The Balaban J connectivity index is 2.22. The number of carbonyl (C=O) groups excluding carboxylic acids is 1. The first kappa shape index (κ1) is 16.9. The number of rotatable bonds is 5. The molecular formula is C18H17NO3S. The summed E-state index contributed by atoms with van der Waals surface area (Å²) in [4.78, 5) is 11.0. The molecule has 2 aromatic rings. The first-order valence-electron chi connectivity index (χ1n) is 7.08. The van der Waals surface area contributed by atoms with Gasteiger partial charge < -0.3 is 4.79 Å². The lowest BCUT2D eigenvalue weighted by Crippen LogP contribution is -2.33. The Kier molecular flexibility index (Phi) is 5.69. The minimum atomic E-state index is -3.73. The Bertz CT molecular complexity index is 816. The number of hydrogen-bond donors (Lipinski definition) is 0. The van der Waals surface area contributed by atoms with Crippen LogP contribution in [0.2, 0.25) is 0 Å². The van der Waals surface area contributed by atoms with Gasteiger partial charge in [-0.25, -0.2) is 8.42 Å². The molecule has 0 saturated carbocycles. The van der Waals surface area contributed by atoms with E-state index in [1.165, 1.54) is 12.1 Å². The van der Waals surface area contributed by atoms with Crippen LogP contribution in [-0.4, -0.2) is 32.1 Å². The number of hydrogen-bond acceptors (Lipinski definition) is 3. The van der Waals surface area contributed by atoms with Crippen LogP contribution in [0.15, 0.2) is 59.5 Å². The van der Waals surface area contributed by atoms with Crippen molar-refractivity contribution in [3.05, 3.63) is 65.7 Å². The van der Waals surface area contributed by atoms with Crippen molar-refractivity contribution in [2.75, 3.05) is 13.1 Å². The van der Waals surface area contributed by atoms with E-state index in [0.29, 0.717) is 6.29 Å². The molecule has 2 aromatic carbocycles. The third kappa shape index (κ3) is 4.52. The third-order valence-corrected chi connectivity index (χ3v) is 5.02. The van der Waals surface area contributed by atoms with Gasteiger partial charge in [0.15, 0.2) is 0 Å². The van der Waals surface area contributed by atoms with Crippen LogP contribution in [0, 0.1) is 18.8 Å². The normalized spacial score (nSPS) is 10.9. The molecule has 0 aliphatic rings. The lowest BCUT2D eigenvalue weighted by atomic mass is 10.2. The Morgan fingerprint density at radius 3 is 2.30 bits per heavy atom. The van der Waals surface area contributed by atoms with Gasteiger partial charge in [-0.15, -0.1) is 0 Å². The van der Waals surface area contributed by atoms with Crippen LogP contribution < -0.4 is 0 Å². The minimum absolute atomic E-state index is 0.0379. The quantitative estimate of drug-likeness (QED) is 0.625. The Morgan fingerprint density at radius 1 is 1.04 bits per heavy atom. The van der Waals surface area contributed by atoms with Gasteiger partial charge in [0.05, 0.1) is 18.0 Å². The zero-order valence-corrected chi connectivity index (χ0v) is 13.6. The van der Waals surface area contributed by atoms with Gasteiger partial charge in [0.25, 0.3) is 0 Å². The van der Waals surface area contributed by atoms with Crippen LogP contribution in [0.1, 0.15) is 11.1 Å². The summed E-state index contributed by atoms with van der Waals surface area (Å²) < 4.78 is 26.2. The van der Waals surface area contributed by atoms with E-state index in [1.54, 1.807) is 12.1 Å². The number of benzene rings is 2. The van der Waals surface area contributed by atoms with Crippen molar-refractivity contribution in [1.29, 1.82) is 0 Å². The van der Waals surface area contributed by atoms with Crippen LogP contribution in [0.25, 0.3) is 0 Å². The second-order valence-corrected chi connectivity index (χ2v) is 6.88. The summed E-state index contributed by atoms with van der Waals surface area (Å²) >= 11 is 0. The average molecular weight is 327 g/mol. The highest BCUT2D eigenvalue weighted by molar-refractivity contribution is 7.89. The molecule has 0 aromatic heterocycles. The standard InChI is InChI=1S/C18H17NO3S/c1-16-9-11-18(12-10-16)23(21,22)19(14-15-20)13-5-8-17-6-3-2-4-7-17/h2-4,6-7,9-12,15H,13-14H2,1H3. The number of sulfonamides is 1. The molecule has 0 bridgehead atoms. The fourth-order valence-electron chi connectivity index (χ4n) is 1.94. The summed E-state index contributed by atoms with van der Waals surface area (Å²) in [5, 5.41) is 0. The summed E-state index contributed by atoms with van der Waals surface area (Å²) in [5.74, 6) is 5.71. The van der Waals surface area contributed by atoms with Crippen LogP contribution >= 0.6 is 0 Å². The van der Waals surface area contributed by atoms with E-state index in [2.05, 4.69) is 11.8 Å². The molecule has 0 heterocycles. The van der Waals surface area contributed by atoms with Gasteiger partial charge >= 0.3 is 0 Å². The van der Waals surface area contributed by atoms with E-state index in [1.807, 2.05) is 37.3 Å². The summed E-state index contributed by atoms with van der Waals surface area (Å²) in [6, 6.07) is 15.8. The molecule has 0 N–H and O–H groups in total. The molecule has 0 atom stereocenters. The van der Waals surface area contributed by atoms with Crippen molar-refractivity contribution in [2.45, 2.75) is 11.8 Å². The SMILES string of the molecule is Cc1ccc(S(=O)(=O)N(CC#Cc2ccccc2)CC=O)cc1. The van der Waals surface area contributed by atoms with Crippen molar-refractivity contribution < 1.29 is 13.2 Å². The van der Waals surface area contributed by atoms with Gasteiger partial charge in [-0.1, -0.05) is 47.7 Å². The zero-order valence-electron chi connectivity index (χ0n) is 12.8. The van der Waals surface area contributed by atoms with Gasteiger partial charge in [0.1, 0.15) is 6.29 Å². The number of nitrogens with zero attached hydrogens (tertiary/aromatic N) is 1. The monoisotopic (exact) mass is 327 g/mol. The molecule has 5 heteroatoms. The van der Waals surface area contributed by atoms with Crippen molar-refractivity contribution in [1.82, 2.24) is 4.31 Å². The Morgan fingerprint density at radius 2 is 1.70 bits per heavy atom. The van der Waals surface area contributed by atoms with Crippen LogP contribution in [0.4, 0.5) is 0 Å². The van der Waals surface area contributed by atoms with Crippen LogP contribution in [0.3, 0.4) is 0 Å². The second kappa shape index (κ2) is 7.73. The lowest BCUT2D eigenvalue weighted by Gasteiger charge is -2.17. The average Bonchev–Trinajstić information content (AvgIpc) is 2.55. The summed E-state index contributed by atoms with van der Waals surface area (Å²) in [6.45, 7) is 1.62. The largest absolute Gasteiger partial charge is 0.302 e. The molecule has 2 rings (SSSR count). The topological polar surface area (TPSA) is 54.5 Å². The fourth-order valence-corrected chi connectivity index (χ4v) is 3.21. The van der Waals surface area contributed by atoms with Gasteiger partial charge in [-0.05, 0) is 31.2 Å². The maximum atomic E-state index is 12.6. The second-order valence-electron chi connectivity index (χ2n) is 4.95. The van der Waals surface area contributed by atoms with Gasteiger partial charge in [-0.3, -0.25) is 0 Å². The highest BCUT2D eigenvalue weighted by Crippen LogP contribution is 2.15. The molecule has 0 saturated heterocycles. The van der Waals surface area contributed by atoms with E-state index in [4.69, 9.17) is 0 Å². The molecule has 0 spiro atoms. The molecule has 0 amide bonds. The predicted molar refractivity (Wildman–Crippen MR) is 89.3 cm³/mol. The number of aldehydes is 1. The maximum absolute atomic E-state index is 12.6. The zero-order chi connectivity index (χ0) is 16.7. The number of carbonyl (C=O) groups is 1. The predicted octanol–water partition coefficient (Wildman–Crippen LogP) is 2.24. The van der Waals surface area contributed by atoms with Gasteiger partial charge in [0.2, 0.25) is 10.0 Å². The lowest BCUT2D eigenvalue weighted by molar-refractivity contribution is -0.108. The summed E-state index contributed by atoms with van der Waals surface area (Å²) in [7, 11) is -3.73. The van der Waals surface area contributed by atoms with E-state index in [0.717, 1.165) is 15.4 Å². The van der Waals surface area contributed by atoms with E-state index >= 15 is 0 Å². The molecule has 0 radical (unpaired) electrons. The minimum Gasteiger partial charge on any atom is -0.302 e. The van der Waals surface area contributed by atoms with Gasteiger partial charge in [-0.2, -0.15) is 4.31 Å². The summed E-state index contributed by atoms with van der Waals surface area (Å²) in [6.07, 6.45) is 0.565. The number of aryl methyl sites for hydroxylation is 1. The molecule has 118 valence electrons. The molecule has 0 aliphatic carbocycles. The molecule has 4 nitrogen and oxygen atoms in total. The highest BCUT2D eigenvalue weighted by atomic mass is 32.2. The highest BCUT2D eigenvalue weighted by Gasteiger charge is 2.23. The van der Waals surface area contributed by atoms with E-state index < -0.39 is 10.0 Å². The first-order chi connectivity index (χ1) is 11.0. The molecule has 0 unspecified atom stereocenters. The molecule has 23 heavy (non-hydrogen) atoms. The summed E-state index contributed by atoms with van der Waals surface area (Å²) in [5.41, 5.74) is 1.76. The fraction of sp³-hybridized carbons (Fsp3) is 0.167. The van der Waals surface area contributed by atoms with Crippen molar-refractivity contribution in [2.24, 2.45) is 0 Å².